The fourth-order valence-corrected chi connectivity index (χ4v) is 3.87. The van der Waals surface area contributed by atoms with Gasteiger partial charge in [0.05, 0.1) is 5.69 Å². The SMILES string of the molecule is CNc1nc(CN2CCCC(N3CCCC3=O)C2)cs1. The molecule has 1 aromatic rings. The molecule has 0 bridgehead atoms. The van der Waals surface area contributed by atoms with Gasteiger partial charge in [-0.05, 0) is 25.8 Å². The van der Waals surface area contributed by atoms with Crippen molar-refractivity contribution in [2.45, 2.75) is 38.3 Å². The second-order valence-electron chi connectivity index (χ2n) is 5.62. The molecule has 2 aliphatic heterocycles. The lowest BCUT2D eigenvalue weighted by Crippen LogP contribution is -2.48. The smallest absolute Gasteiger partial charge is 0.222 e. The van der Waals surface area contributed by atoms with Crippen LogP contribution in [0.1, 0.15) is 31.4 Å². The molecule has 20 heavy (non-hydrogen) atoms. The summed E-state index contributed by atoms with van der Waals surface area (Å²) in [5, 5.41) is 6.18. The second-order valence-corrected chi connectivity index (χ2v) is 6.47. The van der Waals surface area contributed by atoms with Crippen LogP contribution in [0.4, 0.5) is 5.13 Å². The lowest BCUT2D eigenvalue weighted by Gasteiger charge is -2.37. The first-order valence-corrected chi connectivity index (χ1v) is 8.28. The van der Waals surface area contributed by atoms with Crippen LogP contribution in [0.3, 0.4) is 0 Å². The molecule has 1 N–H and O–H groups in total. The molecule has 1 aromatic heterocycles. The lowest BCUT2D eigenvalue weighted by molar-refractivity contribution is -0.130. The van der Waals surface area contributed by atoms with Gasteiger partial charge in [-0.25, -0.2) is 4.98 Å². The van der Waals surface area contributed by atoms with Crippen LogP contribution < -0.4 is 5.32 Å². The Labute approximate surface area is 124 Å². The van der Waals surface area contributed by atoms with E-state index in [1.54, 1.807) is 11.3 Å². The molecule has 2 fully saturated rings. The monoisotopic (exact) mass is 294 g/mol. The maximum Gasteiger partial charge on any atom is 0.222 e. The molecule has 1 amide bonds. The molecule has 5 nitrogen and oxygen atoms in total. The van der Waals surface area contributed by atoms with Crippen LogP contribution in [0, 0.1) is 0 Å². The van der Waals surface area contributed by atoms with Gasteiger partial charge in [0.1, 0.15) is 0 Å². The average Bonchev–Trinajstić information content (AvgIpc) is 3.08. The Balaban J connectivity index is 1.58. The number of anilines is 1. The normalized spacial score (nSPS) is 24.4. The molecule has 1 atom stereocenters. The van der Waals surface area contributed by atoms with E-state index in [0.717, 1.165) is 56.3 Å². The van der Waals surface area contributed by atoms with Gasteiger partial charge >= 0.3 is 0 Å². The highest BCUT2D eigenvalue weighted by Crippen LogP contribution is 2.23. The molecule has 6 heteroatoms. The van der Waals surface area contributed by atoms with Gasteiger partial charge in [-0.2, -0.15) is 0 Å². The van der Waals surface area contributed by atoms with E-state index in [1.807, 2.05) is 7.05 Å². The maximum atomic E-state index is 11.9. The van der Waals surface area contributed by atoms with Crippen LogP contribution in [0.15, 0.2) is 5.38 Å². The Kier molecular flexibility index (Phi) is 4.21. The highest BCUT2D eigenvalue weighted by Gasteiger charge is 2.31. The minimum absolute atomic E-state index is 0.350. The zero-order chi connectivity index (χ0) is 13.9. The van der Waals surface area contributed by atoms with E-state index in [4.69, 9.17) is 0 Å². The highest BCUT2D eigenvalue weighted by molar-refractivity contribution is 7.13. The molecule has 110 valence electrons. The third kappa shape index (κ3) is 2.96. The van der Waals surface area contributed by atoms with Gasteiger partial charge in [-0.1, -0.05) is 0 Å². The fourth-order valence-electron chi connectivity index (χ4n) is 3.21. The molecule has 3 rings (SSSR count). The van der Waals surface area contributed by atoms with Gasteiger partial charge in [-0.3, -0.25) is 9.69 Å². The molecule has 0 aliphatic carbocycles. The predicted molar refractivity (Wildman–Crippen MR) is 80.9 cm³/mol. The minimum Gasteiger partial charge on any atom is -0.365 e. The molecule has 0 saturated carbocycles. The molecule has 3 heterocycles. The Bertz CT molecular complexity index is 475. The summed E-state index contributed by atoms with van der Waals surface area (Å²) in [6.45, 7) is 3.97. The van der Waals surface area contributed by atoms with Crippen molar-refractivity contribution < 1.29 is 4.79 Å². The van der Waals surface area contributed by atoms with Crippen molar-refractivity contribution in [2.24, 2.45) is 0 Å². The van der Waals surface area contributed by atoms with Crippen molar-refractivity contribution >= 4 is 22.4 Å². The highest BCUT2D eigenvalue weighted by atomic mass is 32.1. The molecular weight excluding hydrogens is 272 g/mol. The summed E-state index contributed by atoms with van der Waals surface area (Å²) in [6.07, 6.45) is 4.11. The molecule has 2 aliphatic rings. The van der Waals surface area contributed by atoms with Gasteiger partial charge in [0, 0.05) is 44.5 Å². The Morgan fingerprint density at radius 1 is 1.45 bits per heavy atom. The first-order chi connectivity index (χ1) is 9.76. The summed E-state index contributed by atoms with van der Waals surface area (Å²) >= 11 is 1.65. The van der Waals surface area contributed by atoms with Crippen molar-refractivity contribution in [3.63, 3.8) is 0 Å². The van der Waals surface area contributed by atoms with E-state index in [-0.39, 0.29) is 0 Å². The molecule has 0 radical (unpaired) electrons. The van der Waals surface area contributed by atoms with E-state index >= 15 is 0 Å². The summed E-state index contributed by atoms with van der Waals surface area (Å²) in [5.74, 6) is 0.350. The predicted octanol–water partition coefficient (Wildman–Crippen LogP) is 1.77. The second kappa shape index (κ2) is 6.10. The maximum absolute atomic E-state index is 11.9. The van der Waals surface area contributed by atoms with E-state index in [9.17, 15) is 4.79 Å². The first-order valence-electron chi connectivity index (χ1n) is 7.40. The minimum atomic E-state index is 0.350. The van der Waals surface area contributed by atoms with Crippen LogP contribution in [-0.2, 0) is 11.3 Å². The lowest BCUT2D eigenvalue weighted by atomic mass is 10.0. The summed E-state index contributed by atoms with van der Waals surface area (Å²) in [6, 6.07) is 0.418. The summed E-state index contributed by atoms with van der Waals surface area (Å²) in [4.78, 5) is 21.0. The summed E-state index contributed by atoms with van der Waals surface area (Å²) < 4.78 is 0. The number of carbonyl (C=O) groups is 1. The third-order valence-corrected chi connectivity index (χ3v) is 5.09. The van der Waals surface area contributed by atoms with Gasteiger partial charge in [-0.15, -0.1) is 11.3 Å². The van der Waals surface area contributed by atoms with Crippen LogP contribution >= 0.6 is 11.3 Å². The number of rotatable bonds is 4. The molecule has 1 unspecified atom stereocenters. The zero-order valence-corrected chi connectivity index (χ0v) is 12.8. The van der Waals surface area contributed by atoms with Gasteiger partial charge in [0.15, 0.2) is 5.13 Å². The van der Waals surface area contributed by atoms with E-state index in [2.05, 4.69) is 25.5 Å². The van der Waals surface area contributed by atoms with E-state index in [0.29, 0.717) is 11.9 Å². The zero-order valence-electron chi connectivity index (χ0n) is 12.0. The number of likely N-dealkylation sites (tertiary alicyclic amines) is 2. The number of carbonyl (C=O) groups excluding carboxylic acids is 1. The van der Waals surface area contributed by atoms with Gasteiger partial charge in [0.25, 0.3) is 0 Å². The number of hydrogen-bond acceptors (Lipinski definition) is 5. The van der Waals surface area contributed by atoms with Crippen LogP contribution in [0.5, 0.6) is 0 Å². The number of thiazole rings is 1. The Morgan fingerprint density at radius 3 is 3.05 bits per heavy atom. The molecule has 2 saturated heterocycles. The van der Waals surface area contributed by atoms with Gasteiger partial charge < -0.3 is 10.2 Å². The number of nitrogens with one attached hydrogen (secondary N) is 1. The van der Waals surface area contributed by atoms with Crippen LogP contribution in [0.2, 0.25) is 0 Å². The Morgan fingerprint density at radius 2 is 2.35 bits per heavy atom. The quantitative estimate of drug-likeness (QED) is 0.919. The largest absolute Gasteiger partial charge is 0.365 e. The average molecular weight is 294 g/mol. The van der Waals surface area contributed by atoms with E-state index < -0.39 is 0 Å². The number of amides is 1. The third-order valence-electron chi connectivity index (χ3n) is 4.18. The number of nitrogens with zero attached hydrogens (tertiary/aromatic N) is 3. The van der Waals surface area contributed by atoms with Crippen molar-refractivity contribution in [3.05, 3.63) is 11.1 Å². The van der Waals surface area contributed by atoms with Crippen LogP contribution in [-0.4, -0.2) is 53.4 Å². The summed E-state index contributed by atoms with van der Waals surface area (Å²) in [7, 11) is 1.90. The number of piperidine rings is 1. The van der Waals surface area contributed by atoms with Crippen molar-refractivity contribution in [2.75, 3.05) is 32.0 Å². The van der Waals surface area contributed by atoms with Crippen molar-refractivity contribution in [1.29, 1.82) is 0 Å². The molecular formula is C14H22N4OS. The standard InChI is InChI=1S/C14H22N4OS/c1-15-14-16-11(10-20-14)8-17-6-2-4-12(9-17)18-7-3-5-13(18)19/h10,12H,2-9H2,1H3,(H,15,16). The van der Waals surface area contributed by atoms with Gasteiger partial charge in [0.2, 0.25) is 5.91 Å². The topological polar surface area (TPSA) is 48.5 Å². The number of hydrogen-bond donors (Lipinski definition) is 1. The van der Waals surface area contributed by atoms with Crippen molar-refractivity contribution in [1.82, 2.24) is 14.8 Å². The first kappa shape index (κ1) is 13.8. The number of aromatic nitrogens is 1. The van der Waals surface area contributed by atoms with E-state index in [1.165, 1.54) is 6.42 Å². The Hall–Kier alpha value is -1.14. The molecule has 0 spiro atoms. The van der Waals surface area contributed by atoms with Crippen molar-refractivity contribution in [3.8, 4) is 0 Å². The molecule has 0 aromatic carbocycles. The van der Waals surface area contributed by atoms with Crippen LogP contribution in [0.25, 0.3) is 0 Å². The summed E-state index contributed by atoms with van der Waals surface area (Å²) in [5.41, 5.74) is 1.13. The fraction of sp³-hybridized carbons (Fsp3) is 0.714.